The fourth-order valence-electron chi connectivity index (χ4n) is 2.70. The molecular weight excluding hydrogens is 367 g/mol. The molecule has 0 saturated carbocycles. The quantitative estimate of drug-likeness (QED) is 0.672. The topological polar surface area (TPSA) is 75.9 Å². The standard InChI is InChI=1S/C18H21FN6OS/c1-12-17(27-23-21-12)18(26)20-8-9-25-13(11-24(2)3)10-16(22-25)14-6-4-5-7-15(14)19/h4-7,10H,8-9,11H2,1-3H3,(H,20,26). The number of aryl methyl sites for hydroxylation is 1. The van der Waals surface area contributed by atoms with Gasteiger partial charge in [0.15, 0.2) is 0 Å². The summed E-state index contributed by atoms with van der Waals surface area (Å²) in [6.07, 6.45) is 0. The molecule has 142 valence electrons. The zero-order valence-electron chi connectivity index (χ0n) is 15.4. The average molecular weight is 388 g/mol. The van der Waals surface area contributed by atoms with Gasteiger partial charge >= 0.3 is 0 Å². The highest BCUT2D eigenvalue weighted by Gasteiger charge is 2.15. The van der Waals surface area contributed by atoms with Gasteiger partial charge in [-0.2, -0.15) is 5.10 Å². The number of nitrogens with one attached hydrogen (secondary N) is 1. The maximum atomic E-state index is 14.1. The van der Waals surface area contributed by atoms with Gasteiger partial charge in [-0.25, -0.2) is 4.39 Å². The minimum Gasteiger partial charge on any atom is -0.349 e. The van der Waals surface area contributed by atoms with Crippen LogP contribution in [0.15, 0.2) is 30.3 Å². The number of carbonyl (C=O) groups excluding carboxylic acids is 1. The third kappa shape index (κ3) is 4.55. The number of halogens is 1. The Balaban J connectivity index is 1.74. The largest absolute Gasteiger partial charge is 0.349 e. The summed E-state index contributed by atoms with van der Waals surface area (Å²) in [5.74, 6) is -0.502. The Morgan fingerprint density at radius 3 is 2.78 bits per heavy atom. The Bertz CT molecular complexity index is 936. The van der Waals surface area contributed by atoms with E-state index in [1.54, 1.807) is 29.8 Å². The molecule has 1 N–H and O–H groups in total. The summed E-state index contributed by atoms with van der Waals surface area (Å²) in [5.41, 5.74) is 2.61. The summed E-state index contributed by atoms with van der Waals surface area (Å²) in [5, 5.41) is 11.3. The van der Waals surface area contributed by atoms with Crippen LogP contribution in [-0.4, -0.2) is 50.8 Å². The number of hydrogen-bond acceptors (Lipinski definition) is 6. The van der Waals surface area contributed by atoms with Gasteiger partial charge in [0.1, 0.15) is 10.7 Å². The molecule has 2 heterocycles. The predicted molar refractivity (Wildman–Crippen MR) is 102 cm³/mol. The van der Waals surface area contributed by atoms with E-state index in [0.29, 0.717) is 41.5 Å². The van der Waals surface area contributed by atoms with Crippen molar-refractivity contribution in [1.29, 1.82) is 0 Å². The lowest BCUT2D eigenvalue weighted by Gasteiger charge is -2.12. The lowest BCUT2D eigenvalue weighted by atomic mass is 10.1. The second kappa shape index (κ2) is 8.36. The Hall–Kier alpha value is -2.65. The number of hydrogen-bond donors (Lipinski definition) is 1. The van der Waals surface area contributed by atoms with Gasteiger partial charge in [-0.1, -0.05) is 16.6 Å². The summed E-state index contributed by atoms with van der Waals surface area (Å²) >= 11 is 1.07. The predicted octanol–water partition coefficient (Wildman–Crippen LogP) is 2.34. The van der Waals surface area contributed by atoms with E-state index in [1.165, 1.54) is 6.07 Å². The highest BCUT2D eigenvalue weighted by molar-refractivity contribution is 7.07. The monoisotopic (exact) mass is 388 g/mol. The molecule has 0 aliphatic heterocycles. The molecule has 1 amide bonds. The molecule has 0 spiro atoms. The average Bonchev–Trinajstić information content (AvgIpc) is 3.21. The van der Waals surface area contributed by atoms with Gasteiger partial charge in [-0.15, -0.1) is 5.10 Å². The normalized spacial score (nSPS) is 11.1. The van der Waals surface area contributed by atoms with E-state index in [4.69, 9.17) is 0 Å². The molecule has 0 unspecified atom stereocenters. The Morgan fingerprint density at radius 2 is 2.11 bits per heavy atom. The molecule has 7 nitrogen and oxygen atoms in total. The second-order valence-electron chi connectivity index (χ2n) is 6.41. The van der Waals surface area contributed by atoms with Gasteiger partial charge in [0.05, 0.1) is 23.6 Å². The Kier molecular flexibility index (Phi) is 5.92. The summed E-state index contributed by atoms with van der Waals surface area (Å²) in [7, 11) is 3.92. The van der Waals surface area contributed by atoms with Crippen LogP contribution >= 0.6 is 11.5 Å². The van der Waals surface area contributed by atoms with E-state index in [-0.39, 0.29) is 11.7 Å². The van der Waals surface area contributed by atoms with Crippen molar-refractivity contribution in [2.45, 2.75) is 20.0 Å². The van der Waals surface area contributed by atoms with E-state index < -0.39 is 0 Å². The summed E-state index contributed by atoms with van der Waals surface area (Å²) in [4.78, 5) is 14.7. The van der Waals surface area contributed by atoms with E-state index in [9.17, 15) is 9.18 Å². The fraction of sp³-hybridized carbons (Fsp3) is 0.333. The zero-order valence-corrected chi connectivity index (χ0v) is 16.3. The second-order valence-corrected chi connectivity index (χ2v) is 7.16. The molecule has 3 aromatic rings. The van der Waals surface area contributed by atoms with Crippen molar-refractivity contribution in [1.82, 2.24) is 29.6 Å². The zero-order chi connectivity index (χ0) is 19.4. The number of aromatic nitrogens is 4. The summed E-state index contributed by atoms with van der Waals surface area (Å²) in [6, 6.07) is 8.46. The molecule has 1 aromatic carbocycles. The van der Waals surface area contributed by atoms with Crippen molar-refractivity contribution >= 4 is 17.4 Å². The van der Waals surface area contributed by atoms with Gasteiger partial charge in [0.25, 0.3) is 5.91 Å². The fourth-order valence-corrected chi connectivity index (χ4v) is 3.27. The van der Waals surface area contributed by atoms with Gasteiger partial charge < -0.3 is 10.2 Å². The highest BCUT2D eigenvalue weighted by Crippen LogP contribution is 2.22. The van der Waals surface area contributed by atoms with Crippen molar-refractivity contribution in [2.24, 2.45) is 0 Å². The smallest absolute Gasteiger partial charge is 0.265 e. The summed E-state index contributed by atoms with van der Waals surface area (Å²) in [6.45, 7) is 3.29. The van der Waals surface area contributed by atoms with Crippen LogP contribution in [0.5, 0.6) is 0 Å². The lowest BCUT2D eigenvalue weighted by Crippen LogP contribution is -2.28. The maximum absolute atomic E-state index is 14.1. The Morgan fingerprint density at radius 1 is 1.33 bits per heavy atom. The molecule has 27 heavy (non-hydrogen) atoms. The van der Waals surface area contributed by atoms with Gasteiger partial charge in [-0.3, -0.25) is 9.48 Å². The molecular formula is C18H21FN6OS. The molecule has 9 heteroatoms. The minimum atomic E-state index is -0.306. The molecule has 3 rings (SSSR count). The van der Waals surface area contributed by atoms with Gasteiger partial charge in [0.2, 0.25) is 0 Å². The first-order valence-corrected chi connectivity index (χ1v) is 9.26. The van der Waals surface area contributed by atoms with Crippen LogP contribution < -0.4 is 5.32 Å². The van der Waals surface area contributed by atoms with Crippen LogP contribution in [-0.2, 0) is 13.1 Å². The van der Waals surface area contributed by atoms with Crippen LogP contribution in [0.1, 0.15) is 21.1 Å². The minimum absolute atomic E-state index is 0.196. The van der Waals surface area contributed by atoms with Crippen molar-refractivity contribution in [3.63, 3.8) is 0 Å². The number of nitrogens with zero attached hydrogens (tertiary/aromatic N) is 5. The molecule has 0 bridgehead atoms. The third-order valence-electron chi connectivity index (χ3n) is 3.96. The summed E-state index contributed by atoms with van der Waals surface area (Å²) < 4.78 is 19.7. The SMILES string of the molecule is Cc1nnsc1C(=O)NCCn1nc(-c2ccccc2F)cc1CN(C)C. The van der Waals surface area contributed by atoms with E-state index in [2.05, 4.69) is 20.0 Å². The van der Waals surface area contributed by atoms with Crippen LogP contribution in [0.4, 0.5) is 4.39 Å². The number of rotatable bonds is 7. The van der Waals surface area contributed by atoms with E-state index >= 15 is 0 Å². The van der Waals surface area contributed by atoms with Crippen molar-refractivity contribution < 1.29 is 9.18 Å². The molecule has 0 aliphatic carbocycles. The number of carbonyl (C=O) groups is 1. The van der Waals surface area contributed by atoms with Crippen molar-refractivity contribution in [2.75, 3.05) is 20.6 Å². The van der Waals surface area contributed by atoms with Crippen LogP contribution in [0.25, 0.3) is 11.3 Å². The lowest BCUT2D eigenvalue weighted by molar-refractivity contribution is 0.0955. The first-order chi connectivity index (χ1) is 13.0. The first kappa shape index (κ1) is 19.1. The molecule has 0 fully saturated rings. The first-order valence-electron chi connectivity index (χ1n) is 8.49. The third-order valence-corrected chi connectivity index (χ3v) is 4.78. The van der Waals surface area contributed by atoms with Crippen molar-refractivity contribution in [3.8, 4) is 11.3 Å². The van der Waals surface area contributed by atoms with Crippen LogP contribution in [0.3, 0.4) is 0 Å². The van der Waals surface area contributed by atoms with E-state index in [0.717, 1.165) is 17.2 Å². The van der Waals surface area contributed by atoms with Crippen molar-refractivity contribution in [3.05, 3.63) is 52.4 Å². The van der Waals surface area contributed by atoms with Gasteiger partial charge in [-0.05, 0) is 50.8 Å². The molecule has 0 saturated heterocycles. The highest BCUT2D eigenvalue weighted by atomic mass is 32.1. The Labute approximate surface area is 161 Å². The van der Waals surface area contributed by atoms with Gasteiger partial charge in [0, 0.05) is 18.7 Å². The van der Waals surface area contributed by atoms with E-state index in [1.807, 2.05) is 25.1 Å². The van der Waals surface area contributed by atoms with Crippen LogP contribution in [0.2, 0.25) is 0 Å². The number of amides is 1. The maximum Gasteiger partial charge on any atom is 0.265 e. The molecule has 2 aromatic heterocycles. The molecule has 0 radical (unpaired) electrons. The molecule has 0 atom stereocenters. The number of benzene rings is 1. The molecule has 0 aliphatic rings. The van der Waals surface area contributed by atoms with Crippen LogP contribution in [0, 0.1) is 12.7 Å².